The van der Waals surface area contributed by atoms with E-state index in [0.29, 0.717) is 5.57 Å². The summed E-state index contributed by atoms with van der Waals surface area (Å²) >= 11 is 5.66. The smallest absolute Gasteiger partial charge is 0.314 e. The number of halogens is 3. The van der Waals surface area contributed by atoms with Gasteiger partial charge in [-0.1, -0.05) is 24.3 Å². The van der Waals surface area contributed by atoms with Crippen LogP contribution in [0.5, 0.6) is 0 Å². The number of hydrogen-bond donors (Lipinski definition) is 0. The van der Waals surface area contributed by atoms with E-state index in [1.165, 1.54) is 4.90 Å². The van der Waals surface area contributed by atoms with Crippen LogP contribution >= 0.6 is 11.6 Å². The summed E-state index contributed by atoms with van der Waals surface area (Å²) in [6, 6.07) is 2.97. The van der Waals surface area contributed by atoms with Gasteiger partial charge in [0.1, 0.15) is 11.6 Å². The summed E-state index contributed by atoms with van der Waals surface area (Å²) in [5.74, 6) is -1.02. The zero-order chi connectivity index (χ0) is 15.7. The second-order valence-electron chi connectivity index (χ2n) is 5.33. The van der Waals surface area contributed by atoms with E-state index in [2.05, 4.69) is 0 Å². The normalized spacial score (nSPS) is 20.9. The largest absolute Gasteiger partial charge is 0.317 e. The van der Waals surface area contributed by atoms with Crippen LogP contribution in [0.3, 0.4) is 0 Å². The lowest BCUT2D eigenvalue weighted by atomic mass is 9.99. The monoisotopic (exact) mass is 321 g/mol. The summed E-state index contributed by atoms with van der Waals surface area (Å²) in [6.07, 6.45) is 9.64. The number of allylic oxidation sites excluding steroid dienone is 2. The van der Waals surface area contributed by atoms with Crippen molar-refractivity contribution in [3.8, 4) is 0 Å². The van der Waals surface area contributed by atoms with Crippen LogP contribution in [0.2, 0.25) is 0 Å². The van der Waals surface area contributed by atoms with Crippen molar-refractivity contribution in [1.82, 2.24) is 4.90 Å². The third kappa shape index (κ3) is 2.83. The minimum absolute atomic E-state index is 0.165. The van der Waals surface area contributed by atoms with Gasteiger partial charge in [0, 0.05) is 12.1 Å². The molecule has 2 nitrogen and oxygen atoms in total. The highest BCUT2D eigenvalue weighted by Crippen LogP contribution is 2.32. The van der Waals surface area contributed by atoms with E-state index in [0.717, 1.165) is 36.6 Å². The maximum atomic E-state index is 13.9. The maximum Gasteiger partial charge on any atom is 0.317 e. The Morgan fingerprint density at radius 2 is 2.09 bits per heavy atom. The Bertz CT molecular complexity index is 709. The van der Waals surface area contributed by atoms with Gasteiger partial charge in [-0.15, -0.1) is 0 Å². The molecular weight excluding hydrogens is 308 g/mol. The number of carbonyl (C=O) groups excluding carboxylic acids is 1. The molecule has 114 valence electrons. The van der Waals surface area contributed by atoms with Gasteiger partial charge in [-0.2, -0.15) is 0 Å². The molecule has 1 atom stereocenters. The van der Waals surface area contributed by atoms with E-state index in [4.69, 9.17) is 11.6 Å². The maximum absolute atomic E-state index is 13.9. The predicted molar refractivity (Wildman–Crippen MR) is 82.5 cm³/mol. The molecule has 0 N–H and O–H groups in total. The first-order chi connectivity index (χ1) is 10.6. The van der Waals surface area contributed by atoms with E-state index < -0.39 is 17.0 Å². The molecule has 1 aromatic rings. The Morgan fingerprint density at radius 1 is 1.27 bits per heavy atom. The SMILES string of the molecule is O=C(Cl)N1CC(c2cc(F)ccc2F)=C[C@H]1C1=CCCC=C1. The molecule has 5 heteroatoms. The van der Waals surface area contributed by atoms with Crippen LogP contribution in [0.15, 0.2) is 48.1 Å². The molecule has 0 unspecified atom stereocenters. The molecule has 0 bridgehead atoms. The molecule has 2 aliphatic rings. The van der Waals surface area contributed by atoms with E-state index >= 15 is 0 Å². The van der Waals surface area contributed by atoms with Crippen LogP contribution in [0.1, 0.15) is 18.4 Å². The van der Waals surface area contributed by atoms with Crippen molar-refractivity contribution in [2.24, 2.45) is 0 Å². The summed E-state index contributed by atoms with van der Waals surface area (Å²) in [5.41, 5.74) is 1.69. The Kier molecular flexibility index (Phi) is 4.12. The average molecular weight is 322 g/mol. The van der Waals surface area contributed by atoms with E-state index in [1.807, 2.05) is 18.2 Å². The summed E-state index contributed by atoms with van der Waals surface area (Å²) in [4.78, 5) is 13.1. The van der Waals surface area contributed by atoms with Crippen molar-refractivity contribution >= 4 is 22.5 Å². The topological polar surface area (TPSA) is 20.3 Å². The zero-order valence-corrected chi connectivity index (χ0v) is 12.5. The predicted octanol–water partition coefficient (Wildman–Crippen LogP) is 4.67. The molecule has 0 saturated heterocycles. The van der Waals surface area contributed by atoms with Gasteiger partial charge >= 0.3 is 5.37 Å². The van der Waals surface area contributed by atoms with Gasteiger partial charge in [0.2, 0.25) is 0 Å². The molecule has 1 amide bonds. The quantitative estimate of drug-likeness (QED) is 0.572. The minimum Gasteiger partial charge on any atom is -0.314 e. The fourth-order valence-electron chi connectivity index (χ4n) is 2.83. The van der Waals surface area contributed by atoms with Gasteiger partial charge in [-0.25, -0.2) is 8.78 Å². The highest BCUT2D eigenvalue weighted by Gasteiger charge is 2.31. The Labute approximate surface area is 132 Å². The number of carbonyl (C=O) groups is 1. The van der Waals surface area contributed by atoms with Crippen molar-refractivity contribution in [2.45, 2.75) is 18.9 Å². The van der Waals surface area contributed by atoms with Crippen molar-refractivity contribution in [3.05, 3.63) is 65.3 Å². The molecule has 1 aliphatic carbocycles. The Balaban J connectivity index is 1.99. The molecule has 22 heavy (non-hydrogen) atoms. The van der Waals surface area contributed by atoms with Crippen LogP contribution in [-0.4, -0.2) is 22.9 Å². The zero-order valence-electron chi connectivity index (χ0n) is 11.7. The Morgan fingerprint density at radius 3 is 2.77 bits per heavy atom. The second-order valence-corrected chi connectivity index (χ2v) is 5.65. The first-order valence-corrected chi connectivity index (χ1v) is 7.43. The number of rotatable bonds is 2. The lowest BCUT2D eigenvalue weighted by Gasteiger charge is -2.24. The van der Waals surface area contributed by atoms with Crippen molar-refractivity contribution in [3.63, 3.8) is 0 Å². The Hall–Kier alpha value is -1.94. The summed E-state index contributed by atoms with van der Waals surface area (Å²) < 4.78 is 27.3. The van der Waals surface area contributed by atoms with Gasteiger partial charge in [-0.3, -0.25) is 4.79 Å². The molecule has 0 radical (unpaired) electrons. The van der Waals surface area contributed by atoms with Crippen molar-refractivity contribution in [1.29, 1.82) is 0 Å². The molecule has 1 aliphatic heterocycles. The fourth-order valence-corrected chi connectivity index (χ4v) is 3.00. The first kappa shape index (κ1) is 15.0. The van der Waals surface area contributed by atoms with Crippen LogP contribution in [-0.2, 0) is 0 Å². The average Bonchev–Trinajstić information content (AvgIpc) is 2.96. The van der Waals surface area contributed by atoms with Gasteiger partial charge in [0.15, 0.2) is 0 Å². The van der Waals surface area contributed by atoms with E-state index in [1.54, 1.807) is 6.08 Å². The molecule has 0 aromatic heterocycles. The van der Waals surface area contributed by atoms with E-state index in [9.17, 15) is 13.6 Å². The van der Waals surface area contributed by atoms with Crippen molar-refractivity contribution < 1.29 is 13.6 Å². The molecular formula is C17H14ClF2NO. The van der Waals surface area contributed by atoms with Gasteiger partial charge in [0.25, 0.3) is 0 Å². The molecule has 0 spiro atoms. The number of benzene rings is 1. The van der Waals surface area contributed by atoms with Crippen LogP contribution in [0.4, 0.5) is 13.6 Å². The molecule has 0 fully saturated rings. The first-order valence-electron chi connectivity index (χ1n) is 7.05. The molecule has 3 rings (SSSR count). The van der Waals surface area contributed by atoms with Gasteiger partial charge < -0.3 is 4.90 Å². The lowest BCUT2D eigenvalue weighted by molar-refractivity contribution is 0.226. The summed E-state index contributed by atoms with van der Waals surface area (Å²) in [6.45, 7) is 0.165. The molecule has 1 heterocycles. The van der Waals surface area contributed by atoms with Crippen LogP contribution in [0, 0.1) is 11.6 Å². The van der Waals surface area contributed by atoms with Gasteiger partial charge in [0.05, 0.1) is 6.04 Å². The second kappa shape index (κ2) is 6.05. The van der Waals surface area contributed by atoms with E-state index in [-0.39, 0.29) is 18.2 Å². The fraction of sp³-hybridized carbons (Fsp3) is 0.235. The van der Waals surface area contributed by atoms with Gasteiger partial charge in [-0.05, 0) is 53.8 Å². The summed E-state index contributed by atoms with van der Waals surface area (Å²) in [7, 11) is 0. The van der Waals surface area contributed by atoms with Crippen LogP contribution < -0.4 is 0 Å². The standard InChI is InChI=1S/C17H14ClF2NO/c18-17(22)21-10-12(14-9-13(19)6-7-15(14)20)8-16(21)11-4-2-1-3-5-11/h2,4-9,16H,1,3,10H2/t16-/m0/s1. The number of amides is 1. The lowest BCUT2D eigenvalue weighted by Crippen LogP contribution is -2.33. The van der Waals surface area contributed by atoms with Crippen molar-refractivity contribution in [2.75, 3.05) is 6.54 Å². The summed E-state index contributed by atoms with van der Waals surface area (Å²) in [5, 5.41) is -0.604. The minimum atomic E-state index is -0.604. The highest BCUT2D eigenvalue weighted by atomic mass is 35.5. The molecule has 0 saturated carbocycles. The highest BCUT2D eigenvalue weighted by molar-refractivity contribution is 6.63. The number of hydrogen-bond acceptors (Lipinski definition) is 1. The third-order valence-corrected chi connectivity index (χ3v) is 4.12. The number of nitrogens with zero attached hydrogens (tertiary/aromatic N) is 1. The molecule has 1 aromatic carbocycles. The third-order valence-electron chi connectivity index (χ3n) is 3.90. The van der Waals surface area contributed by atoms with Crippen LogP contribution in [0.25, 0.3) is 5.57 Å².